The molecule has 0 bridgehead atoms. The van der Waals surface area contributed by atoms with Gasteiger partial charge in [0.1, 0.15) is 0 Å². The van der Waals surface area contributed by atoms with Crippen LogP contribution in [0.4, 0.5) is 0 Å². The molecule has 29 heavy (non-hydrogen) atoms. The number of aromatic nitrogens is 1. The molecule has 0 atom stereocenters. The zero-order valence-corrected chi connectivity index (χ0v) is 17.6. The van der Waals surface area contributed by atoms with Gasteiger partial charge in [-0.1, -0.05) is 62.9 Å². The van der Waals surface area contributed by atoms with Crippen molar-refractivity contribution in [1.29, 1.82) is 0 Å². The van der Waals surface area contributed by atoms with Crippen LogP contribution in [-0.4, -0.2) is 17.6 Å². The number of carbonyl (C=O) groups excluding carboxylic acids is 1. The number of hydrogen-bond donors (Lipinski definition) is 0. The van der Waals surface area contributed by atoms with Crippen LogP contribution in [0.1, 0.15) is 54.1 Å². The summed E-state index contributed by atoms with van der Waals surface area (Å²) < 4.78 is 7.22. The summed E-state index contributed by atoms with van der Waals surface area (Å²) in [5.74, 6) is 0.0933. The highest BCUT2D eigenvalue weighted by Crippen LogP contribution is 2.42. The molecule has 0 radical (unpaired) electrons. The van der Waals surface area contributed by atoms with Crippen molar-refractivity contribution in [2.24, 2.45) is 0 Å². The monoisotopic (exact) mass is 387 g/mol. The quantitative estimate of drug-likeness (QED) is 0.313. The molecule has 3 heteroatoms. The van der Waals surface area contributed by atoms with Gasteiger partial charge in [0.15, 0.2) is 0 Å². The highest BCUT2D eigenvalue weighted by Gasteiger charge is 2.24. The van der Waals surface area contributed by atoms with Crippen LogP contribution in [0.5, 0.6) is 0 Å². The van der Waals surface area contributed by atoms with E-state index in [9.17, 15) is 4.79 Å². The lowest BCUT2D eigenvalue weighted by molar-refractivity contribution is 0.0601. The predicted molar refractivity (Wildman–Crippen MR) is 122 cm³/mol. The molecule has 0 fully saturated rings. The summed E-state index contributed by atoms with van der Waals surface area (Å²) in [7, 11) is 1.41. The number of hydrogen-bond acceptors (Lipinski definition) is 2. The number of methoxy groups -OCH3 is 1. The first-order valence-electron chi connectivity index (χ1n) is 10.2. The lowest BCUT2D eigenvalue weighted by Crippen LogP contribution is -2.04. The third kappa shape index (κ3) is 3.65. The molecule has 0 spiro atoms. The zero-order valence-electron chi connectivity index (χ0n) is 17.6. The van der Waals surface area contributed by atoms with Crippen LogP contribution in [0.15, 0.2) is 61.7 Å². The van der Waals surface area contributed by atoms with Gasteiger partial charge in [-0.15, -0.1) is 6.58 Å². The predicted octanol–water partition coefficient (Wildman–Crippen LogP) is 6.83. The minimum atomic E-state index is -0.324. The summed E-state index contributed by atoms with van der Waals surface area (Å²) in [6.45, 7) is 13.1. The summed E-state index contributed by atoms with van der Waals surface area (Å²) >= 11 is 0. The Kier molecular flexibility index (Phi) is 6.38. The van der Waals surface area contributed by atoms with Crippen LogP contribution in [0.2, 0.25) is 0 Å². The SMILES string of the molecule is C=CCn1c(-c2ccccc2C=C)c(C(CC)CC)c2ccc(C(=O)OC)cc21. The molecule has 0 unspecified atom stereocenters. The van der Waals surface area contributed by atoms with Crippen molar-refractivity contribution in [3.05, 3.63) is 78.4 Å². The van der Waals surface area contributed by atoms with E-state index in [-0.39, 0.29) is 5.97 Å². The Labute approximate surface area is 173 Å². The molecule has 0 saturated heterocycles. The molecular weight excluding hydrogens is 358 g/mol. The Balaban J connectivity index is 2.47. The van der Waals surface area contributed by atoms with E-state index in [1.54, 1.807) is 0 Å². The number of fused-ring (bicyclic) bond motifs is 1. The fourth-order valence-corrected chi connectivity index (χ4v) is 4.23. The zero-order chi connectivity index (χ0) is 21.0. The molecule has 3 rings (SSSR count). The van der Waals surface area contributed by atoms with Gasteiger partial charge >= 0.3 is 5.97 Å². The van der Waals surface area contributed by atoms with Gasteiger partial charge in [0, 0.05) is 23.0 Å². The van der Waals surface area contributed by atoms with Crippen molar-refractivity contribution in [1.82, 2.24) is 4.57 Å². The van der Waals surface area contributed by atoms with E-state index >= 15 is 0 Å². The first-order chi connectivity index (χ1) is 14.1. The van der Waals surface area contributed by atoms with Crippen molar-refractivity contribution in [3.8, 4) is 11.3 Å². The number of nitrogens with zero attached hydrogens (tertiary/aromatic N) is 1. The summed E-state index contributed by atoms with van der Waals surface area (Å²) in [6, 6.07) is 14.2. The second-order valence-corrected chi connectivity index (χ2v) is 7.19. The van der Waals surface area contributed by atoms with Crippen molar-refractivity contribution in [2.75, 3.05) is 7.11 Å². The molecular formula is C26H29NO2. The number of allylic oxidation sites excluding steroid dienone is 1. The smallest absolute Gasteiger partial charge is 0.337 e. The van der Waals surface area contributed by atoms with Crippen LogP contribution in [-0.2, 0) is 11.3 Å². The second kappa shape index (κ2) is 8.95. The highest BCUT2D eigenvalue weighted by molar-refractivity contribution is 5.99. The lowest BCUT2D eigenvalue weighted by Gasteiger charge is -2.18. The average Bonchev–Trinajstić information content (AvgIpc) is 3.07. The topological polar surface area (TPSA) is 31.2 Å². The standard InChI is InChI=1S/C26H29NO2/c1-6-16-27-23-17-20(26(28)29-5)14-15-22(23)24(18(7-2)8-3)25(27)21-13-11-10-12-19(21)9-4/h6,9-15,17-18H,1,4,7-8,16H2,2-3,5H3. The third-order valence-corrected chi connectivity index (χ3v) is 5.67. The number of ether oxygens (including phenoxy) is 1. The minimum absolute atomic E-state index is 0.324. The molecule has 2 aromatic carbocycles. The Bertz CT molecular complexity index is 1050. The first-order valence-corrected chi connectivity index (χ1v) is 10.2. The number of benzene rings is 2. The molecule has 1 aromatic heterocycles. The Hall–Kier alpha value is -3.07. The van der Waals surface area contributed by atoms with Crippen molar-refractivity contribution >= 4 is 22.9 Å². The van der Waals surface area contributed by atoms with Gasteiger partial charge in [0.25, 0.3) is 0 Å². The fraction of sp³-hybridized carbons (Fsp3) is 0.269. The van der Waals surface area contributed by atoms with E-state index < -0.39 is 0 Å². The number of rotatable bonds is 8. The largest absolute Gasteiger partial charge is 0.465 e. The maximum Gasteiger partial charge on any atom is 0.337 e. The second-order valence-electron chi connectivity index (χ2n) is 7.19. The lowest BCUT2D eigenvalue weighted by atomic mass is 9.88. The van der Waals surface area contributed by atoms with Crippen molar-refractivity contribution in [3.63, 3.8) is 0 Å². The van der Waals surface area contributed by atoms with E-state index in [2.05, 4.69) is 55.8 Å². The van der Waals surface area contributed by atoms with Gasteiger partial charge in [0.2, 0.25) is 0 Å². The molecule has 3 nitrogen and oxygen atoms in total. The van der Waals surface area contributed by atoms with Crippen LogP contribution in [0.25, 0.3) is 28.2 Å². The van der Waals surface area contributed by atoms with Crippen LogP contribution < -0.4 is 0 Å². The maximum absolute atomic E-state index is 12.2. The summed E-state index contributed by atoms with van der Waals surface area (Å²) in [5, 5.41) is 1.18. The van der Waals surface area contributed by atoms with Crippen LogP contribution in [0.3, 0.4) is 0 Å². The van der Waals surface area contributed by atoms with E-state index in [0.717, 1.165) is 29.5 Å². The summed E-state index contributed by atoms with van der Waals surface area (Å²) in [4.78, 5) is 12.2. The molecule has 0 amide bonds. The number of carbonyl (C=O) groups is 1. The molecule has 0 saturated carbocycles. The van der Waals surface area contributed by atoms with Crippen molar-refractivity contribution < 1.29 is 9.53 Å². The van der Waals surface area contributed by atoms with Gasteiger partial charge < -0.3 is 9.30 Å². The first kappa shape index (κ1) is 20.7. The van der Waals surface area contributed by atoms with Gasteiger partial charge in [-0.25, -0.2) is 4.79 Å². The summed E-state index contributed by atoms with van der Waals surface area (Å²) in [6.07, 6.45) is 5.90. The maximum atomic E-state index is 12.2. The molecule has 3 aromatic rings. The molecule has 0 aliphatic carbocycles. The number of esters is 1. The highest BCUT2D eigenvalue weighted by atomic mass is 16.5. The molecule has 0 N–H and O–H groups in total. The van der Waals surface area contributed by atoms with Gasteiger partial charge in [-0.2, -0.15) is 0 Å². The normalized spacial score (nSPS) is 11.0. The Morgan fingerprint density at radius 2 is 1.86 bits per heavy atom. The average molecular weight is 388 g/mol. The van der Waals surface area contributed by atoms with E-state index in [4.69, 9.17) is 4.74 Å². The third-order valence-electron chi connectivity index (χ3n) is 5.67. The van der Waals surface area contributed by atoms with Crippen LogP contribution >= 0.6 is 0 Å². The van der Waals surface area contributed by atoms with E-state index in [0.29, 0.717) is 18.0 Å². The molecule has 0 aliphatic rings. The summed E-state index contributed by atoms with van der Waals surface area (Å²) in [5.41, 5.74) is 6.36. The fourth-order valence-electron chi connectivity index (χ4n) is 4.23. The molecule has 0 aliphatic heterocycles. The minimum Gasteiger partial charge on any atom is -0.465 e. The Morgan fingerprint density at radius 1 is 1.14 bits per heavy atom. The molecule has 150 valence electrons. The molecule has 1 heterocycles. The van der Waals surface area contributed by atoms with Gasteiger partial charge in [0.05, 0.1) is 18.4 Å². The van der Waals surface area contributed by atoms with Crippen molar-refractivity contribution in [2.45, 2.75) is 39.2 Å². The van der Waals surface area contributed by atoms with E-state index in [1.165, 1.54) is 23.8 Å². The Morgan fingerprint density at radius 3 is 2.48 bits per heavy atom. The van der Waals surface area contributed by atoms with Crippen LogP contribution in [0, 0.1) is 0 Å². The van der Waals surface area contributed by atoms with Gasteiger partial charge in [-0.3, -0.25) is 0 Å². The van der Waals surface area contributed by atoms with E-state index in [1.807, 2.05) is 30.4 Å². The van der Waals surface area contributed by atoms with Gasteiger partial charge in [-0.05, 0) is 42.0 Å².